The second kappa shape index (κ2) is 8.96. The second-order valence-electron chi connectivity index (χ2n) is 4.81. The number of aliphatic imine (C=N–C) groups is 2. The molecule has 0 aliphatic carbocycles. The molecule has 0 amide bonds. The number of rotatable bonds is 6. The number of halogens is 2. The number of aromatic hydroxyl groups is 1. The van der Waals surface area contributed by atoms with Gasteiger partial charge in [-0.25, -0.2) is 0 Å². The molecule has 0 unspecified atom stereocenters. The third-order valence-corrected chi connectivity index (χ3v) is 3.94. The van der Waals surface area contributed by atoms with Gasteiger partial charge in [0.15, 0.2) is 0 Å². The van der Waals surface area contributed by atoms with E-state index in [4.69, 9.17) is 23.2 Å². The molecule has 6 heteroatoms. The quantitative estimate of drug-likeness (QED) is 0.425. The standard InChI is InChI=1S/C17H16Cl2N2OS/c18-14-8-13(17(22)15(19)9-14)11-21-7-3-6-20-10-12-4-1-2-5-16(12)23/h1-2,4-5,8-11,22-23H,3,6-7H2. The monoisotopic (exact) mass is 366 g/mol. The minimum atomic E-state index is -0.0109. The van der Waals surface area contributed by atoms with Gasteiger partial charge < -0.3 is 5.11 Å². The number of benzene rings is 2. The second-order valence-corrected chi connectivity index (χ2v) is 6.13. The molecule has 0 aromatic heterocycles. The highest BCUT2D eigenvalue weighted by molar-refractivity contribution is 7.80. The van der Waals surface area contributed by atoms with Crippen LogP contribution in [0.1, 0.15) is 17.5 Å². The van der Waals surface area contributed by atoms with Gasteiger partial charge in [-0.1, -0.05) is 41.4 Å². The minimum Gasteiger partial charge on any atom is -0.506 e. The van der Waals surface area contributed by atoms with Crippen molar-refractivity contribution in [1.82, 2.24) is 0 Å². The molecule has 0 saturated heterocycles. The van der Waals surface area contributed by atoms with Crippen LogP contribution >= 0.6 is 35.8 Å². The topological polar surface area (TPSA) is 45.0 Å². The largest absolute Gasteiger partial charge is 0.506 e. The Labute approximate surface area is 151 Å². The van der Waals surface area contributed by atoms with Crippen molar-refractivity contribution in [3.05, 3.63) is 57.6 Å². The van der Waals surface area contributed by atoms with Gasteiger partial charge in [-0.3, -0.25) is 9.98 Å². The molecule has 0 atom stereocenters. The molecule has 0 heterocycles. The maximum Gasteiger partial charge on any atom is 0.143 e. The molecule has 2 aromatic carbocycles. The molecular formula is C17H16Cl2N2OS. The zero-order valence-corrected chi connectivity index (χ0v) is 14.7. The Morgan fingerprint density at radius 1 is 1.00 bits per heavy atom. The van der Waals surface area contributed by atoms with Crippen molar-refractivity contribution in [2.75, 3.05) is 13.1 Å². The number of thiol groups is 1. The molecule has 0 aliphatic rings. The lowest BCUT2D eigenvalue weighted by molar-refractivity contribution is 0.474. The highest BCUT2D eigenvalue weighted by Crippen LogP contribution is 2.29. The van der Waals surface area contributed by atoms with E-state index in [0.29, 0.717) is 23.7 Å². The fourth-order valence-electron chi connectivity index (χ4n) is 1.86. The van der Waals surface area contributed by atoms with Gasteiger partial charge in [-0.15, -0.1) is 12.6 Å². The Balaban J connectivity index is 1.81. The average molecular weight is 367 g/mol. The Kier molecular flexibility index (Phi) is 6.96. The summed E-state index contributed by atoms with van der Waals surface area (Å²) in [5.41, 5.74) is 1.51. The molecule has 120 valence electrons. The SMILES string of the molecule is Oc1c(Cl)cc(Cl)cc1C=NCCCN=Cc1ccccc1S. The summed E-state index contributed by atoms with van der Waals surface area (Å²) in [5, 5.41) is 10.5. The van der Waals surface area contributed by atoms with Crippen molar-refractivity contribution in [3.63, 3.8) is 0 Å². The van der Waals surface area contributed by atoms with Crippen LogP contribution in [0.25, 0.3) is 0 Å². The number of nitrogens with zero attached hydrogens (tertiary/aromatic N) is 2. The fourth-order valence-corrected chi connectivity index (χ4v) is 2.59. The first-order valence-corrected chi connectivity index (χ1v) is 8.24. The van der Waals surface area contributed by atoms with E-state index >= 15 is 0 Å². The van der Waals surface area contributed by atoms with E-state index in [1.165, 1.54) is 6.07 Å². The van der Waals surface area contributed by atoms with Gasteiger partial charge in [-0.05, 0) is 24.6 Å². The first-order chi connectivity index (χ1) is 11.1. The first-order valence-electron chi connectivity index (χ1n) is 7.03. The molecule has 0 saturated carbocycles. The molecule has 0 fully saturated rings. The summed E-state index contributed by atoms with van der Waals surface area (Å²) in [5.74, 6) is -0.0109. The van der Waals surface area contributed by atoms with E-state index in [-0.39, 0.29) is 10.8 Å². The van der Waals surface area contributed by atoms with E-state index < -0.39 is 0 Å². The van der Waals surface area contributed by atoms with Crippen LogP contribution in [-0.4, -0.2) is 30.6 Å². The average Bonchev–Trinajstić information content (AvgIpc) is 2.52. The van der Waals surface area contributed by atoms with Gasteiger partial charge in [-0.2, -0.15) is 0 Å². The van der Waals surface area contributed by atoms with Crippen molar-refractivity contribution in [2.24, 2.45) is 9.98 Å². The van der Waals surface area contributed by atoms with Gasteiger partial charge in [0, 0.05) is 46.6 Å². The van der Waals surface area contributed by atoms with E-state index in [0.717, 1.165) is 16.9 Å². The normalized spacial score (nSPS) is 11.6. The van der Waals surface area contributed by atoms with E-state index in [2.05, 4.69) is 22.6 Å². The Bertz CT molecular complexity index is 733. The van der Waals surface area contributed by atoms with Crippen LogP contribution in [0.2, 0.25) is 10.0 Å². The van der Waals surface area contributed by atoms with Crippen LogP contribution in [0.15, 0.2) is 51.3 Å². The van der Waals surface area contributed by atoms with Gasteiger partial charge >= 0.3 is 0 Å². The predicted molar refractivity (Wildman–Crippen MR) is 101 cm³/mol. The molecule has 2 aromatic rings. The summed E-state index contributed by atoms with van der Waals surface area (Å²) in [6.45, 7) is 1.27. The third kappa shape index (κ3) is 5.57. The maximum atomic E-state index is 9.80. The van der Waals surface area contributed by atoms with Crippen molar-refractivity contribution < 1.29 is 5.11 Å². The Hall–Kier alpha value is -1.49. The third-order valence-electron chi connectivity index (χ3n) is 3.03. The minimum absolute atomic E-state index is 0.0109. The van der Waals surface area contributed by atoms with Crippen LogP contribution in [-0.2, 0) is 0 Å². The smallest absolute Gasteiger partial charge is 0.143 e. The summed E-state index contributed by atoms with van der Waals surface area (Å²) >= 11 is 16.1. The molecule has 0 spiro atoms. The maximum absolute atomic E-state index is 9.80. The molecule has 0 radical (unpaired) electrons. The first kappa shape index (κ1) is 17.9. The van der Waals surface area contributed by atoms with Crippen LogP contribution in [0.4, 0.5) is 0 Å². The summed E-state index contributed by atoms with van der Waals surface area (Å²) in [6, 6.07) is 10.9. The highest BCUT2D eigenvalue weighted by atomic mass is 35.5. The lowest BCUT2D eigenvalue weighted by Gasteiger charge is -2.02. The predicted octanol–water partition coefficient (Wildman–Crippen LogP) is 4.92. The highest BCUT2D eigenvalue weighted by Gasteiger charge is 2.05. The van der Waals surface area contributed by atoms with E-state index in [1.807, 2.05) is 30.5 Å². The molecule has 3 nitrogen and oxygen atoms in total. The van der Waals surface area contributed by atoms with Crippen LogP contribution < -0.4 is 0 Å². The lowest BCUT2D eigenvalue weighted by atomic mass is 10.2. The molecule has 0 bridgehead atoms. The summed E-state index contributed by atoms with van der Waals surface area (Å²) in [7, 11) is 0. The zero-order chi connectivity index (χ0) is 16.7. The lowest BCUT2D eigenvalue weighted by Crippen LogP contribution is -1.91. The summed E-state index contributed by atoms with van der Waals surface area (Å²) in [6.07, 6.45) is 4.19. The van der Waals surface area contributed by atoms with Gasteiger partial charge in [0.1, 0.15) is 5.75 Å². The van der Waals surface area contributed by atoms with Gasteiger partial charge in [0.05, 0.1) is 5.02 Å². The number of hydrogen-bond acceptors (Lipinski definition) is 4. The summed E-state index contributed by atoms with van der Waals surface area (Å²) < 4.78 is 0. The molecule has 23 heavy (non-hydrogen) atoms. The van der Waals surface area contributed by atoms with Crippen molar-refractivity contribution in [1.29, 1.82) is 0 Å². The van der Waals surface area contributed by atoms with E-state index in [1.54, 1.807) is 12.3 Å². The van der Waals surface area contributed by atoms with Gasteiger partial charge in [0.2, 0.25) is 0 Å². The van der Waals surface area contributed by atoms with Crippen molar-refractivity contribution in [3.8, 4) is 5.75 Å². The van der Waals surface area contributed by atoms with Crippen LogP contribution in [0.3, 0.4) is 0 Å². The molecule has 0 aliphatic heterocycles. The van der Waals surface area contributed by atoms with Crippen LogP contribution in [0, 0.1) is 0 Å². The number of phenolic OH excluding ortho intramolecular Hbond substituents is 1. The number of phenols is 1. The zero-order valence-electron chi connectivity index (χ0n) is 12.3. The molecular weight excluding hydrogens is 351 g/mol. The Morgan fingerprint density at radius 3 is 2.35 bits per heavy atom. The molecule has 1 N–H and O–H groups in total. The van der Waals surface area contributed by atoms with E-state index in [9.17, 15) is 5.11 Å². The van der Waals surface area contributed by atoms with Crippen LogP contribution in [0.5, 0.6) is 5.75 Å². The van der Waals surface area contributed by atoms with Crippen molar-refractivity contribution in [2.45, 2.75) is 11.3 Å². The van der Waals surface area contributed by atoms with Gasteiger partial charge in [0.25, 0.3) is 0 Å². The number of hydrogen-bond donors (Lipinski definition) is 2. The fraction of sp³-hybridized carbons (Fsp3) is 0.176. The van der Waals surface area contributed by atoms with Crippen molar-refractivity contribution >= 4 is 48.3 Å². The Morgan fingerprint density at radius 2 is 1.65 bits per heavy atom. The molecule has 2 rings (SSSR count). The summed E-state index contributed by atoms with van der Waals surface area (Å²) in [4.78, 5) is 9.51.